The lowest BCUT2D eigenvalue weighted by Crippen LogP contribution is -2.28. The number of esters is 1. The van der Waals surface area contributed by atoms with Gasteiger partial charge in [0.05, 0.1) is 32.4 Å². The van der Waals surface area contributed by atoms with Crippen LogP contribution in [0, 0.1) is 0 Å². The number of nitrogen functional groups attached to an aromatic ring is 1. The highest BCUT2D eigenvalue weighted by Crippen LogP contribution is 2.33. The summed E-state index contributed by atoms with van der Waals surface area (Å²) >= 11 is 6.15. The first-order chi connectivity index (χ1) is 18.6. The number of hydrogen-bond acceptors (Lipinski definition) is 8. The van der Waals surface area contributed by atoms with Crippen molar-refractivity contribution in [2.45, 2.75) is 17.7 Å². The Balaban J connectivity index is 1.30. The van der Waals surface area contributed by atoms with Crippen LogP contribution < -0.4 is 11.1 Å². The lowest BCUT2D eigenvalue weighted by atomic mass is 9.82. The van der Waals surface area contributed by atoms with E-state index in [1.165, 1.54) is 40.7 Å². The minimum Gasteiger partial charge on any atom is -0.452 e. The topological polar surface area (TPSA) is 153 Å². The number of rotatable bonds is 6. The number of nitrogens with zero attached hydrogens (tertiary/aromatic N) is 1. The number of hydrogen-bond donors (Lipinski definition) is 2. The second kappa shape index (κ2) is 10.3. The van der Waals surface area contributed by atoms with Crippen molar-refractivity contribution < 1.29 is 32.3 Å². The Morgan fingerprint density at radius 2 is 1.62 bits per heavy atom. The van der Waals surface area contributed by atoms with Crippen molar-refractivity contribution in [3.63, 3.8) is 0 Å². The van der Waals surface area contributed by atoms with Gasteiger partial charge in [-0.15, -0.1) is 0 Å². The van der Waals surface area contributed by atoms with E-state index >= 15 is 0 Å². The fourth-order valence-corrected chi connectivity index (χ4v) is 6.33. The Morgan fingerprint density at radius 3 is 2.31 bits per heavy atom. The number of anilines is 2. The number of ketones is 2. The SMILES string of the molecule is Nc1c(C(=O)OCC(=O)Nc2cc(S(=O)(=O)N3CCCC3)ccc2Cl)ccc2c1C(=O)c1ccccc1C2=O. The number of benzene rings is 3. The van der Waals surface area contributed by atoms with Crippen molar-refractivity contribution >= 4 is 56.4 Å². The maximum absolute atomic E-state index is 13.0. The smallest absolute Gasteiger partial charge is 0.340 e. The van der Waals surface area contributed by atoms with Crippen LogP contribution in [0.1, 0.15) is 55.0 Å². The molecular formula is C27H22ClN3O7S. The molecule has 0 spiro atoms. The van der Waals surface area contributed by atoms with Gasteiger partial charge in [0, 0.05) is 29.8 Å². The molecule has 3 N–H and O–H groups in total. The molecule has 0 unspecified atom stereocenters. The van der Waals surface area contributed by atoms with Gasteiger partial charge in [-0.2, -0.15) is 4.31 Å². The molecule has 5 rings (SSSR count). The number of carbonyl (C=O) groups is 4. The Bertz CT molecular complexity index is 1660. The molecule has 0 saturated carbocycles. The number of amides is 1. The molecule has 12 heteroatoms. The van der Waals surface area contributed by atoms with Crippen molar-refractivity contribution in [2.75, 3.05) is 30.7 Å². The zero-order valence-electron chi connectivity index (χ0n) is 20.4. The molecule has 0 radical (unpaired) electrons. The molecule has 1 aliphatic carbocycles. The lowest BCUT2D eigenvalue weighted by Gasteiger charge is -2.20. The first-order valence-corrected chi connectivity index (χ1v) is 13.8. The fourth-order valence-electron chi connectivity index (χ4n) is 4.62. The molecule has 1 fully saturated rings. The summed E-state index contributed by atoms with van der Waals surface area (Å²) in [7, 11) is -3.74. The van der Waals surface area contributed by atoms with Gasteiger partial charge in [0.25, 0.3) is 5.91 Å². The van der Waals surface area contributed by atoms with Gasteiger partial charge in [0.15, 0.2) is 18.2 Å². The number of carbonyl (C=O) groups excluding carboxylic acids is 4. The largest absolute Gasteiger partial charge is 0.452 e. The molecule has 39 heavy (non-hydrogen) atoms. The predicted octanol–water partition coefficient (Wildman–Crippen LogP) is 3.28. The van der Waals surface area contributed by atoms with E-state index in [1.54, 1.807) is 18.2 Å². The summed E-state index contributed by atoms with van der Waals surface area (Å²) in [6, 6.07) is 12.9. The Morgan fingerprint density at radius 1 is 0.949 bits per heavy atom. The zero-order chi connectivity index (χ0) is 27.9. The molecule has 10 nitrogen and oxygen atoms in total. The van der Waals surface area contributed by atoms with Gasteiger partial charge >= 0.3 is 5.97 Å². The van der Waals surface area contributed by atoms with Crippen LogP contribution in [-0.4, -0.2) is 55.9 Å². The maximum atomic E-state index is 13.0. The molecule has 0 bridgehead atoms. The van der Waals surface area contributed by atoms with E-state index in [9.17, 15) is 27.6 Å². The summed E-state index contributed by atoms with van der Waals surface area (Å²) in [6.07, 6.45) is 1.54. The van der Waals surface area contributed by atoms with Gasteiger partial charge in [-0.3, -0.25) is 14.4 Å². The standard InChI is InChI=1S/C27H22ClN3O7S/c28-20-10-7-15(39(36,37)31-11-3-4-12-31)13-21(20)30-22(32)14-38-27(35)19-9-8-18-23(24(19)29)26(34)17-6-2-1-5-16(17)25(18)33/h1-2,5-10,13H,3-4,11-12,14,29H2,(H,30,32). The van der Waals surface area contributed by atoms with Gasteiger partial charge < -0.3 is 15.8 Å². The molecule has 3 aromatic carbocycles. The summed E-state index contributed by atoms with van der Waals surface area (Å²) in [5, 5.41) is 2.54. The summed E-state index contributed by atoms with van der Waals surface area (Å²) in [5.74, 6) is -2.65. The zero-order valence-corrected chi connectivity index (χ0v) is 22.0. The van der Waals surface area contributed by atoms with Gasteiger partial charge in [0.1, 0.15) is 0 Å². The van der Waals surface area contributed by atoms with E-state index in [0.717, 1.165) is 12.8 Å². The van der Waals surface area contributed by atoms with Gasteiger partial charge in [-0.05, 0) is 43.2 Å². The predicted molar refractivity (Wildman–Crippen MR) is 143 cm³/mol. The van der Waals surface area contributed by atoms with E-state index in [-0.39, 0.29) is 49.1 Å². The Kier molecular flexibility index (Phi) is 6.98. The van der Waals surface area contributed by atoms with E-state index in [4.69, 9.17) is 22.1 Å². The number of nitrogens with one attached hydrogen (secondary N) is 1. The van der Waals surface area contributed by atoms with Crippen molar-refractivity contribution in [3.05, 3.63) is 87.4 Å². The second-order valence-corrected chi connectivity index (χ2v) is 11.4. The maximum Gasteiger partial charge on any atom is 0.340 e. The monoisotopic (exact) mass is 567 g/mol. The highest BCUT2D eigenvalue weighted by Gasteiger charge is 2.33. The molecular weight excluding hydrogens is 546 g/mol. The minimum atomic E-state index is -3.74. The van der Waals surface area contributed by atoms with Crippen molar-refractivity contribution in [1.82, 2.24) is 4.31 Å². The number of nitrogens with two attached hydrogens (primary N) is 1. The number of sulfonamides is 1. The molecule has 200 valence electrons. The molecule has 0 atom stereocenters. The summed E-state index contributed by atoms with van der Waals surface area (Å²) < 4.78 is 32.1. The first kappa shape index (κ1) is 26.5. The summed E-state index contributed by atoms with van der Waals surface area (Å²) in [6.45, 7) is 0.0892. The number of fused-ring (bicyclic) bond motifs is 2. The van der Waals surface area contributed by atoms with Crippen LogP contribution in [0.5, 0.6) is 0 Å². The lowest BCUT2D eigenvalue weighted by molar-refractivity contribution is -0.119. The molecule has 1 aliphatic heterocycles. The summed E-state index contributed by atoms with van der Waals surface area (Å²) in [4.78, 5) is 51.1. The summed E-state index contributed by atoms with van der Waals surface area (Å²) in [5.41, 5.74) is 6.15. The van der Waals surface area contributed by atoms with Crippen LogP contribution >= 0.6 is 11.6 Å². The van der Waals surface area contributed by atoms with Crippen LogP contribution in [0.4, 0.5) is 11.4 Å². The Hall–Kier alpha value is -4.06. The normalized spacial score (nSPS) is 15.0. The van der Waals surface area contributed by atoms with Crippen LogP contribution in [-0.2, 0) is 19.6 Å². The third-order valence-corrected chi connectivity index (χ3v) is 8.83. The Labute approximate surface area is 228 Å². The van der Waals surface area contributed by atoms with Gasteiger partial charge in [0.2, 0.25) is 10.0 Å². The third-order valence-electron chi connectivity index (χ3n) is 6.60. The van der Waals surface area contributed by atoms with E-state index in [0.29, 0.717) is 13.1 Å². The van der Waals surface area contributed by atoms with Crippen molar-refractivity contribution in [3.8, 4) is 0 Å². The number of halogens is 1. The average molecular weight is 568 g/mol. The van der Waals surface area contributed by atoms with Gasteiger partial charge in [-0.1, -0.05) is 35.9 Å². The first-order valence-electron chi connectivity index (χ1n) is 12.0. The van der Waals surface area contributed by atoms with E-state index in [2.05, 4.69) is 5.32 Å². The fraction of sp³-hybridized carbons (Fsp3) is 0.185. The van der Waals surface area contributed by atoms with Crippen LogP contribution in [0.15, 0.2) is 59.5 Å². The molecule has 0 aromatic heterocycles. The third kappa shape index (κ3) is 4.80. The highest BCUT2D eigenvalue weighted by atomic mass is 35.5. The highest BCUT2D eigenvalue weighted by molar-refractivity contribution is 7.89. The van der Waals surface area contributed by atoms with Crippen LogP contribution in [0.25, 0.3) is 0 Å². The molecule has 1 saturated heterocycles. The van der Waals surface area contributed by atoms with E-state index in [1.807, 2.05) is 0 Å². The van der Waals surface area contributed by atoms with E-state index < -0.39 is 40.1 Å². The number of ether oxygens (including phenoxy) is 1. The molecule has 3 aromatic rings. The minimum absolute atomic E-state index is 0.0243. The van der Waals surface area contributed by atoms with Crippen LogP contribution in [0.3, 0.4) is 0 Å². The van der Waals surface area contributed by atoms with Crippen molar-refractivity contribution in [2.24, 2.45) is 0 Å². The second-order valence-electron chi connectivity index (χ2n) is 9.03. The quantitative estimate of drug-likeness (QED) is 0.266. The molecule has 1 amide bonds. The molecule has 1 heterocycles. The van der Waals surface area contributed by atoms with Crippen LogP contribution in [0.2, 0.25) is 5.02 Å². The average Bonchev–Trinajstić information content (AvgIpc) is 3.48. The van der Waals surface area contributed by atoms with Gasteiger partial charge in [-0.25, -0.2) is 13.2 Å². The van der Waals surface area contributed by atoms with Crippen molar-refractivity contribution in [1.29, 1.82) is 0 Å². The molecule has 2 aliphatic rings.